The average Bonchev–Trinajstić information content (AvgIpc) is 4.00. The first kappa shape index (κ1) is 38.9. The summed E-state index contributed by atoms with van der Waals surface area (Å²) in [4.78, 5) is 2.34. The third kappa shape index (κ3) is 6.71. The number of anilines is 3. The Labute approximate surface area is 392 Å². The molecule has 13 rings (SSSR count). The van der Waals surface area contributed by atoms with Gasteiger partial charge in [0.05, 0.1) is 0 Å². The molecule has 0 N–H and O–H groups in total. The average molecular weight is 872 g/mol. The van der Waals surface area contributed by atoms with Crippen LogP contribution in [0.1, 0.15) is 0 Å². The van der Waals surface area contributed by atoms with E-state index >= 15 is 0 Å². The lowest BCUT2D eigenvalue weighted by Gasteiger charge is -2.26. The summed E-state index contributed by atoms with van der Waals surface area (Å²) >= 11 is 1.84. The molecule has 0 aliphatic carbocycles. The molecule has 0 fully saturated rings. The number of hydrogen-bond acceptors (Lipinski definition) is 3. The van der Waals surface area contributed by atoms with Gasteiger partial charge >= 0.3 is 0 Å². The van der Waals surface area contributed by atoms with Crippen LogP contribution in [-0.4, -0.2) is 0 Å². The molecule has 0 aliphatic rings. The summed E-state index contributed by atoms with van der Waals surface area (Å²) in [5, 5.41) is 8.34. The predicted octanol–water partition coefficient (Wildman–Crippen LogP) is 18.9. The lowest BCUT2D eigenvalue weighted by molar-refractivity contribution is 0.637. The van der Waals surface area contributed by atoms with Gasteiger partial charge in [0.2, 0.25) is 0 Å². The maximum absolute atomic E-state index is 7.30. The highest BCUT2D eigenvalue weighted by atomic mass is 32.1. The number of thiophene rings is 1. The summed E-state index contributed by atoms with van der Waals surface area (Å²) in [6.07, 6.45) is 0. The van der Waals surface area contributed by atoms with Crippen molar-refractivity contribution in [1.29, 1.82) is 0 Å². The van der Waals surface area contributed by atoms with Gasteiger partial charge in [0, 0.05) is 59.1 Å². The van der Waals surface area contributed by atoms with Gasteiger partial charge in [-0.3, -0.25) is 0 Å². The minimum Gasteiger partial charge on any atom is -0.455 e. The van der Waals surface area contributed by atoms with Crippen molar-refractivity contribution in [2.45, 2.75) is 0 Å². The Morgan fingerprint density at radius 3 is 1.37 bits per heavy atom. The Hall–Kier alpha value is -8.50. The number of nitrogens with zero attached hydrogens (tertiary/aromatic N) is 1. The predicted molar refractivity (Wildman–Crippen MR) is 286 cm³/mol. The van der Waals surface area contributed by atoms with E-state index in [0.29, 0.717) is 0 Å². The molecule has 67 heavy (non-hydrogen) atoms. The van der Waals surface area contributed by atoms with E-state index < -0.39 is 0 Å². The van der Waals surface area contributed by atoms with E-state index in [-0.39, 0.29) is 0 Å². The molecule has 2 heterocycles. The van der Waals surface area contributed by atoms with Crippen LogP contribution in [0.15, 0.2) is 253 Å². The highest BCUT2D eigenvalue weighted by Crippen LogP contribution is 2.50. The van der Waals surface area contributed by atoms with Gasteiger partial charge in [-0.1, -0.05) is 188 Å². The van der Waals surface area contributed by atoms with Gasteiger partial charge in [-0.15, -0.1) is 11.3 Å². The Bertz CT molecular complexity index is 3850. The molecule has 3 heteroatoms. The van der Waals surface area contributed by atoms with Crippen LogP contribution in [0.5, 0.6) is 0 Å². The zero-order chi connectivity index (χ0) is 44.3. The third-order valence-electron chi connectivity index (χ3n) is 13.3. The lowest BCUT2D eigenvalue weighted by atomic mass is 9.91. The summed E-state index contributed by atoms with van der Waals surface area (Å²) < 4.78 is 9.82. The maximum atomic E-state index is 7.30. The maximum Gasteiger partial charge on any atom is 0.144 e. The van der Waals surface area contributed by atoms with E-state index in [4.69, 9.17) is 4.42 Å². The fourth-order valence-electron chi connectivity index (χ4n) is 10.1. The van der Waals surface area contributed by atoms with Crippen molar-refractivity contribution in [3.8, 4) is 55.8 Å². The Morgan fingerprint density at radius 1 is 0.313 bits per heavy atom. The van der Waals surface area contributed by atoms with E-state index in [1.165, 1.54) is 58.6 Å². The monoisotopic (exact) mass is 871 g/mol. The van der Waals surface area contributed by atoms with Crippen LogP contribution in [0.2, 0.25) is 0 Å². The van der Waals surface area contributed by atoms with Gasteiger partial charge in [0.15, 0.2) is 0 Å². The molecule has 0 amide bonds. The first-order valence-electron chi connectivity index (χ1n) is 22.8. The van der Waals surface area contributed by atoms with Crippen LogP contribution in [0.4, 0.5) is 17.1 Å². The van der Waals surface area contributed by atoms with E-state index in [0.717, 1.165) is 67.0 Å². The van der Waals surface area contributed by atoms with Gasteiger partial charge in [-0.2, -0.15) is 0 Å². The number of benzene rings is 11. The van der Waals surface area contributed by atoms with Crippen molar-refractivity contribution >= 4 is 81.1 Å². The van der Waals surface area contributed by atoms with Crippen molar-refractivity contribution in [1.82, 2.24) is 0 Å². The van der Waals surface area contributed by atoms with Gasteiger partial charge in [-0.25, -0.2) is 0 Å². The molecule has 0 aliphatic heterocycles. The molecule has 0 spiro atoms. The Morgan fingerprint density at radius 2 is 0.776 bits per heavy atom. The molecular weight excluding hydrogens is 831 g/mol. The minimum absolute atomic E-state index is 0.907. The van der Waals surface area contributed by atoms with E-state index in [2.05, 4.69) is 254 Å². The molecular formula is C64H41NOS. The third-order valence-corrected chi connectivity index (χ3v) is 14.5. The van der Waals surface area contributed by atoms with Crippen molar-refractivity contribution in [3.63, 3.8) is 0 Å². The van der Waals surface area contributed by atoms with Gasteiger partial charge in [-0.05, 0) is 116 Å². The van der Waals surface area contributed by atoms with Crippen LogP contribution in [0.25, 0.3) is 109 Å². The summed E-state index contributed by atoms with van der Waals surface area (Å²) in [5.74, 6) is 0.907. The molecule has 0 bridgehead atoms. The Balaban J connectivity index is 0.938. The topological polar surface area (TPSA) is 16.4 Å². The first-order valence-corrected chi connectivity index (χ1v) is 23.6. The van der Waals surface area contributed by atoms with Crippen molar-refractivity contribution in [3.05, 3.63) is 249 Å². The fourth-order valence-corrected chi connectivity index (χ4v) is 11.3. The fraction of sp³-hybridized carbons (Fsp3) is 0. The Kier molecular flexibility index (Phi) is 9.40. The van der Waals surface area contributed by atoms with Crippen LogP contribution in [-0.2, 0) is 0 Å². The van der Waals surface area contributed by atoms with Crippen LogP contribution in [0.3, 0.4) is 0 Å². The number of furan rings is 1. The summed E-state index contributed by atoms with van der Waals surface area (Å²) in [6.45, 7) is 0. The highest BCUT2D eigenvalue weighted by Gasteiger charge is 2.25. The van der Waals surface area contributed by atoms with Crippen molar-refractivity contribution in [2.24, 2.45) is 0 Å². The van der Waals surface area contributed by atoms with E-state index in [9.17, 15) is 0 Å². The van der Waals surface area contributed by atoms with Crippen molar-refractivity contribution < 1.29 is 4.42 Å². The van der Waals surface area contributed by atoms with E-state index in [1.54, 1.807) is 0 Å². The molecule has 0 atom stereocenters. The van der Waals surface area contributed by atoms with Crippen LogP contribution >= 0.6 is 11.3 Å². The molecule has 0 radical (unpaired) electrons. The smallest absolute Gasteiger partial charge is 0.144 e. The van der Waals surface area contributed by atoms with Gasteiger partial charge in [0.1, 0.15) is 11.3 Å². The summed E-state index contributed by atoms with van der Waals surface area (Å²) in [5.41, 5.74) is 14.7. The van der Waals surface area contributed by atoms with Crippen molar-refractivity contribution in [2.75, 3.05) is 4.90 Å². The zero-order valence-electron chi connectivity index (χ0n) is 36.4. The van der Waals surface area contributed by atoms with Crippen LogP contribution in [0, 0.1) is 0 Å². The second kappa shape index (κ2) is 16.2. The molecule has 0 unspecified atom stereocenters. The molecule has 314 valence electrons. The normalized spacial score (nSPS) is 11.6. The molecule has 2 aromatic heterocycles. The van der Waals surface area contributed by atoms with Crippen LogP contribution < -0.4 is 4.90 Å². The quantitative estimate of drug-likeness (QED) is 0.141. The molecule has 13 aromatic rings. The summed E-state index contributed by atoms with van der Waals surface area (Å²) in [7, 11) is 0. The molecule has 0 saturated heterocycles. The van der Waals surface area contributed by atoms with Gasteiger partial charge in [0.25, 0.3) is 0 Å². The minimum atomic E-state index is 0.907. The second-order valence-electron chi connectivity index (χ2n) is 17.2. The largest absolute Gasteiger partial charge is 0.455 e. The standard InChI is InChI=1S/C64H41NOS/c1-4-15-42(16-5-1)44-27-34-49(35-28-44)65(50-36-29-45(30-37-50)43-17-6-2-7-18-43)51-38-31-46(32-39-51)48-33-40-55-58(41-48)52-21-10-11-23-54(52)61-60(47-19-8-3-9-20-47)63(66-62(55)61)57-25-14-24-56-53-22-12-13-26-59(53)67-64(56)57/h1-41H. The van der Waals surface area contributed by atoms with E-state index in [1.807, 2.05) is 11.3 Å². The number of fused-ring (bicyclic) bond motifs is 9. The molecule has 0 saturated carbocycles. The summed E-state index contributed by atoms with van der Waals surface area (Å²) in [6, 6.07) is 89.7. The SMILES string of the molecule is c1ccc(-c2ccc(N(c3ccc(-c4ccccc4)cc3)c3ccc(-c4ccc5c(c4)c4ccccc4c4c(-c6ccccc6)c(-c6cccc7c6sc6ccccc67)oc54)cc3)cc2)cc1. The van der Waals surface area contributed by atoms with Gasteiger partial charge < -0.3 is 9.32 Å². The molecule has 2 nitrogen and oxygen atoms in total. The zero-order valence-corrected chi connectivity index (χ0v) is 37.3. The lowest BCUT2D eigenvalue weighted by Crippen LogP contribution is -2.09. The highest BCUT2D eigenvalue weighted by molar-refractivity contribution is 7.26. The first-order chi connectivity index (χ1) is 33.2. The number of rotatable bonds is 8. The second-order valence-corrected chi connectivity index (χ2v) is 18.2. The molecule has 11 aromatic carbocycles. The number of hydrogen-bond donors (Lipinski definition) is 0.